The number of para-hydroxylation sites is 1. The van der Waals surface area contributed by atoms with E-state index in [1.54, 1.807) is 0 Å². The summed E-state index contributed by atoms with van der Waals surface area (Å²) in [5, 5.41) is 3.46. The zero-order valence-corrected chi connectivity index (χ0v) is 9.02. The molecule has 0 saturated carbocycles. The average Bonchev–Trinajstić information content (AvgIpc) is 2.55. The van der Waals surface area contributed by atoms with Crippen molar-refractivity contribution in [2.24, 2.45) is 0 Å². The van der Waals surface area contributed by atoms with Crippen LogP contribution in [0.2, 0.25) is 0 Å². The minimum atomic E-state index is 0.0492. The zero-order valence-electron chi connectivity index (χ0n) is 7.43. The Kier molecular flexibility index (Phi) is 2.55. The summed E-state index contributed by atoms with van der Waals surface area (Å²) in [4.78, 5) is 11.2. The number of hydrogen-bond donors (Lipinski definition) is 1. The number of halogens is 1. The average molecular weight is 250 g/mol. The van der Waals surface area contributed by atoms with E-state index in [1.165, 1.54) is 0 Å². The highest BCUT2D eigenvalue weighted by Gasteiger charge is 2.19. The van der Waals surface area contributed by atoms with Crippen LogP contribution in [0.4, 0.5) is 5.69 Å². The molecular weight excluding hydrogens is 242 g/mol. The Bertz CT molecular complexity index is 442. The fraction of sp³-hybridized carbons (Fsp3) is 0.182. The van der Waals surface area contributed by atoms with Crippen LogP contribution >= 0.6 is 15.9 Å². The third-order valence-corrected chi connectivity index (χ3v) is 2.34. The molecule has 14 heavy (non-hydrogen) atoms. The maximum absolute atomic E-state index is 11.2. The van der Waals surface area contributed by atoms with E-state index in [2.05, 4.69) is 33.1 Å². The molecule has 0 spiro atoms. The van der Waals surface area contributed by atoms with Gasteiger partial charge in [0.2, 0.25) is 5.91 Å². The highest BCUT2D eigenvalue weighted by Crippen LogP contribution is 2.26. The Hall–Kier alpha value is -1.27. The highest BCUT2D eigenvalue weighted by molar-refractivity contribution is 9.09. The molecule has 1 aromatic rings. The van der Waals surface area contributed by atoms with Crippen molar-refractivity contribution in [3.8, 4) is 11.8 Å². The lowest BCUT2D eigenvalue weighted by atomic mass is 10.1. The van der Waals surface area contributed by atoms with E-state index >= 15 is 0 Å². The van der Waals surface area contributed by atoms with Gasteiger partial charge in [0.15, 0.2) is 0 Å². The van der Waals surface area contributed by atoms with Crippen molar-refractivity contribution in [1.82, 2.24) is 0 Å². The van der Waals surface area contributed by atoms with Gasteiger partial charge in [-0.25, -0.2) is 0 Å². The number of anilines is 1. The predicted molar refractivity (Wildman–Crippen MR) is 59.4 cm³/mol. The fourth-order valence-electron chi connectivity index (χ4n) is 1.48. The summed E-state index contributed by atoms with van der Waals surface area (Å²) in [6.45, 7) is 0. The van der Waals surface area contributed by atoms with Crippen LogP contribution in [0.15, 0.2) is 18.2 Å². The Labute approximate surface area is 90.8 Å². The van der Waals surface area contributed by atoms with Gasteiger partial charge in [-0.1, -0.05) is 39.9 Å². The molecule has 0 saturated heterocycles. The largest absolute Gasteiger partial charge is 0.324 e. The van der Waals surface area contributed by atoms with E-state index in [9.17, 15) is 4.79 Å². The lowest BCUT2D eigenvalue weighted by Crippen LogP contribution is -2.04. The third-order valence-electron chi connectivity index (χ3n) is 2.06. The summed E-state index contributed by atoms with van der Waals surface area (Å²) < 4.78 is 0. The van der Waals surface area contributed by atoms with Gasteiger partial charge >= 0.3 is 0 Å². The number of fused-ring (bicyclic) bond motifs is 1. The van der Waals surface area contributed by atoms with Crippen LogP contribution in [0.1, 0.15) is 11.1 Å². The van der Waals surface area contributed by atoms with Gasteiger partial charge in [-0.05, 0) is 11.6 Å². The van der Waals surface area contributed by atoms with Gasteiger partial charge in [0, 0.05) is 5.56 Å². The monoisotopic (exact) mass is 249 g/mol. The number of carbonyl (C=O) groups excluding carboxylic acids is 1. The first kappa shape index (κ1) is 9.29. The third kappa shape index (κ3) is 1.66. The molecule has 1 heterocycles. The molecule has 0 unspecified atom stereocenters. The molecule has 2 nitrogen and oxygen atoms in total. The molecule has 2 rings (SSSR count). The number of amides is 1. The maximum Gasteiger partial charge on any atom is 0.228 e. The molecule has 3 heteroatoms. The minimum Gasteiger partial charge on any atom is -0.324 e. The standard InChI is InChI=1S/C11H8BrNO/c12-6-2-5-8-3-1-4-9-7-10(14)13-11(8)9/h1,3-4H,6-7H2,(H,13,14). The predicted octanol–water partition coefficient (Wildman–Crippen LogP) is 1.93. The van der Waals surface area contributed by atoms with Crippen LogP contribution in [-0.4, -0.2) is 11.2 Å². The molecule has 1 amide bonds. The van der Waals surface area contributed by atoms with Crippen molar-refractivity contribution in [3.63, 3.8) is 0 Å². The first-order chi connectivity index (χ1) is 6.81. The summed E-state index contributed by atoms with van der Waals surface area (Å²) in [5.74, 6) is 5.98. The molecule has 70 valence electrons. The van der Waals surface area contributed by atoms with Crippen LogP contribution < -0.4 is 5.32 Å². The molecular formula is C11H8BrNO. The molecule has 0 bridgehead atoms. The molecule has 0 aromatic heterocycles. The van der Waals surface area contributed by atoms with Gasteiger partial charge in [0.25, 0.3) is 0 Å². The number of benzene rings is 1. The Morgan fingerprint density at radius 3 is 3.14 bits per heavy atom. The summed E-state index contributed by atoms with van der Waals surface area (Å²) in [7, 11) is 0. The van der Waals surface area contributed by atoms with Crippen LogP contribution in [0.25, 0.3) is 0 Å². The van der Waals surface area contributed by atoms with Crippen LogP contribution in [0, 0.1) is 11.8 Å². The summed E-state index contributed by atoms with van der Waals surface area (Å²) in [6.07, 6.45) is 0.471. The lowest BCUT2D eigenvalue weighted by Gasteiger charge is -2.00. The first-order valence-corrected chi connectivity index (χ1v) is 5.40. The Morgan fingerprint density at radius 2 is 2.36 bits per heavy atom. The van der Waals surface area contributed by atoms with Crippen molar-refractivity contribution in [2.75, 3.05) is 10.6 Å². The number of rotatable bonds is 0. The van der Waals surface area contributed by atoms with Gasteiger partial charge in [0.05, 0.1) is 17.4 Å². The lowest BCUT2D eigenvalue weighted by molar-refractivity contribution is -0.115. The smallest absolute Gasteiger partial charge is 0.228 e. The van der Waals surface area contributed by atoms with E-state index in [0.717, 1.165) is 16.8 Å². The number of alkyl halides is 1. The van der Waals surface area contributed by atoms with Crippen molar-refractivity contribution >= 4 is 27.5 Å². The molecule has 0 fully saturated rings. The number of hydrogen-bond acceptors (Lipinski definition) is 1. The van der Waals surface area contributed by atoms with Crippen molar-refractivity contribution in [3.05, 3.63) is 29.3 Å². The molecule has 1 aliphatic heterocycles. The second-order valence-electron chi connectivity index (χ2n) is 3.00. The zero-order chi connectivity index (χ0) is 9.97. The Balaban J connectivity index is 2.44. The topological polar surface area (TPSA) is 29.1 Å². The summed E-state index contributed by atoms with van der Waals surface area (Å²) in [6, 6.07) is 5.80. The molecule has 0 atom stereocenters. The fourth-order valence-corrected chi connectivity index (χ4v) is 1.62. The van der Waals surface area contributed by atoms with E-state index in [4.69, 9.17) is 0 Å². The van der Waals surface area contributed by atoms with Gasteiger partial charge < -0.3 is 5.32 Å². The number of carbonyl (C=O) groups is 1. The van der Waals surface area contributed by atoms with Gasteiger partial charge in [0.1, 0.15) is 0 Å². The second kappa shape index (κ2) is 3.85. The van der Waals surface area contributed by atoms with E-state index in [-0.39, 0.29) is 5.91 Å². The van der Waals surface area contributed by atoms with Crippen molar-refractivity contribution < 1.29 is 4.79 Å². The van der Waals surface area contributed by atoms with Gasteiger partial charge in [-0.15, -0.1) is 0 Å². The molecule has 1 N–H and O–H groups in total. The second-order valence-corrected chi connectivity index (χ2v) is 3.56. The van der Waals surface area contributed by atoms with Crippen LogP contribution in [0.3, 0.4) is 0 Å². The van der Waals surface area contributed by atoms with E-state index < -0.39 is 0 Å². The highest BCUT2D eigenvalue weighted by atomic mass is 79.9. The SMILES string of the molecule is O=C1Cc2cccc(C#CCBr)c2N1. The van der Waals surface area contributed by atoms with Crippen LogP contribution in [-0.2, 0) is 11.2 Å². The summed E-state index contributed by atoms with van der Waals surface area (Å²) in [5.41, 5.74) is 2.81. The first-order valence-electron chi connectivity index (χ1n) is 4.28. The van der Waals surface area contributed by atoms with Gasteiger partial charge in [-0.2, -0.15) is 0 Å². The quantitative estimate of drug-likeness (QED) is 0.553. The number of nitrogens with one attached hydrogen (secondary N) is 1. The molecule has 1 aliphatic rings. The molecule has 0 aliphatic carbocycles. The minimum absolute atomic E-state index is 0.0492. The summed E-state index contributed by atoms with van der Waals surface area (Å²) >= 11 is 3.24. The molecule has 0 radical (unpaired) electrons. The van der Waals surface area contributed by atoms with E-state index in [1.807, 2.05) is 18.2 Å². The Morgan fingerprint density at radius 1 is 1.50 bits per heavy atom. The van der Waals surface area contributed by atoms with Crippen molar-refractivity contribution in [2.45, 2.75) is 6.42 Å². The van der Waals surface area contributed by atoms with Crippen molar-refractivity contribution in [1.29, 1.82) is 0 Å². The van der Waals surface area contributed by atoms with Crippen LogP contribution in [0.5, 0.6) is 0 Å². The van der Waals surface area contributed by atoms with E-state index in [0.29, 0.717) is 11.8 Å². The molecule has 1 aromatic carbocycles. The normalized spacial score (nSPS) is 12.8. The van der Waals surface area contributed by atoms with Gasteiger partial charge in [-0.3, -0.25) is 4.79 Å². The maximum atomic E-state index is 11.2.